The fourth-order valence-corrected chi connectivity index (χ4v) is 13.6. The van der Waals surface area contributed by atoms with Crippen LogP contribution in [0.5, 0.6) is 0 Å². The van der Waals surface area contributed by atoms with Crippen molar-refractivity contribution in [1.29, 1.82) is 0 Å². The van der Waals surface area contributed by atoms with Crippen molar-refractivity contribution in [3.05, 3.63) is 11.6 Å². The Bertz CT molecular complexity index is 821. The van der Waals surface area contributed by atoms with Crippen molar-refractivity contribution >= 4 is 20.2 Å². The van der Waals surface area contributed by atoms with Crippen molar-refractivity contribution in [2.45, 2.75) is 136 Å². The lowest BCUT2D eigenvalue weighted by Crippen LogP contribution is -2.57. The van der Waals surface area contributed by atoms with Crippen molar-refractivity contribution in [3.63, 3.8) is 0 Å². The van der Waals surface area contributed by atoms with E-state index in [2.05, 4.69) is 48.5 Å². The Balaban J connectivity index is 1.98. The van der Waals surface area contributed by atoms with E-state index in [9.17, 15) is 9.59 Å². The zero-order valence-electron chi connectivity index (χ0n) is 24.8. The van der Waals surface area contributed by atoms with Crippen molar-refractivity contribution < 1.29 is 18.8 Å². The van der Waals surface area contributed by atoms with Crippen LogP contribution in [0.1, 0.15) is 108 Å². The first-order chi connectivity index (χ1) is 16.6. The number of ketones is 1. The standard InChI is InChI=1S/C30H53NO4Si/c1-20(2)36(21(3)4,22(5)6)35-27-18-23(7)17-24-19-26(32)25-13-11-15-31(16-12-14-30(24,25)27)28(33)34-29(8,9)10/h19-23,25,27H,11-18H2,1-10H3/t23?,25-,27?,30?/m0/s1. The van der Waals surface area contributed by atoms with Gasteiger partial charge in [0, 0.05) is 24.4 Å². The van der Waals surface area contributed by atoms with Crippen LogP contribution < -0.4 is 0 Å². The summed E-state index contributed by atoms with van der Waals surface area (Å²) in [5, 5.41) is 0. The number of amides is 1. The van der Waals surface area contributed by atoms with Gasteiger partial charge >= 0.3 is 6.09 Å². The zero-order valence-corrected chi connectivity index (χ0v) is 25.8. The number of hydrogen-bond acceptors (Lipinski definition) is 4. The predicted octanol–water partition coefficient (Wildman–Crippen LogP) is 7.90. The largest absolute Gasteiger partial charge is 0.444 e. The summed E-state index contributed by atoms with van der Waals surface area (Å²) >= 11 is 0. The van der Waals surface area contributed by atoms with Gasteiger partial charge in [-0.1, -0.05) is 54.0 Å². The molecule has 0 aromatic rings. The third-order valence-electron chi connectivity index (χ3n) is 9.28. The Kier molecular flexibility index (Phi) is 8.92. The van der Waals surface area contributed by atoms with Crippen LogP contribution in [0.25, 0.3) is 0 Å². The molecule has 3 rings (SSSR count). The fourth-order valence-electron chi connectivity index (χ4n) is 7.97. The fraction of sp³-hybridized carbons (Fsp3) is 0.867. The Morgan fingerprint density at radius 3 is 2.19 bits per heavy atom. The van der Waals surface area contributed by atoms with Crippen molar-refractivity contribution in [3.8, 4) is 0 Å². The van der Waals surface area contributed by atoms with E-state index in [-0.39, 0.29) is 23.5 Å². The summed E-state index contributed by atoms with van der Waals surface area (Å²) in [4.78, 5) is 28.3. The molecular weight excluding hydrogens is 466 g/mol. The third-order valence-corrected chi connectivity index (χ3v) is 15.4. The van der Waals surface area contributed by atoms with Gasteiger partial charge in [0.05, 0.1) is 6.10 Å². The molecular formula is C30H53NO4Si. The lowest BCUT2D eigenvalue weighted by Gasteiger charge is -2.54. The lowest BCUT2D eigenvalue weighted by atomic mass is 9.59. The lowest BCUT2D eigenvalue weighted by molar-refractivity contribution is -0.124. The molecule has 0 bridgehead atoms. The topological polar surface area (TPSA) is 55.8 Å². The van der Waals surface area contributed by atoms with Gasteiger partial charge in [0.15, 0.2) is 5.78 Å². The van der Waals surface area contributed by atoms with E-state index in [1.807, 2.05) is 31.7 Å². The maximum absolute atomic E-state index is 13.5. The normalized spacial score (nSPS) is 30.0. The molecule has 5 nitrogen and oxygen atoms in total. The molecule has 0 aromatic carbocycles. The average Bonchev–Trinajstić information content (AvgIpc) is 3.04. The minimum atomic E-state index is -2.13. The van der Waals surface area contributed by atoms with Gasteiger partial charge in [-0.2, -0.15) is 0 Å². The van der Waals surface area contributed by atoms with Crippen LogP contribution in [-0.4, -0.2) is 49.9 Å². The first-order valence-corrected chi connectivity index (χ1v) is 16.7. The Morgan fingerprint density at radius 1 is 1.06 bits per heavy atom. The summed E-state index contributed by atoms with van der Waals surface area (Å²) in [6.07, 6.45) is 7.29. The molecule has 0 aromatic heterocycles. The summed E-state index contributed by atoms with van der Waals surface area (Å²) in [5.74, 6) is 0.786. The van der Waals surface area contributed by atoms with Gasteiger partial charge in [0.25, 0.3) is 0 Å². The molecule has 2 fully saturated rings. The smallest absolute Gasteiger partial charge is 0.410 e. The Morgan fingerprint density at radius 2 is 1.64 bits per heavy atom. The van der Waals surface area contributed by atoms with Crippen LogP contribution in [0.15, 0.2) is 11.6 Å². The molecule has 1 saturated carbocycles. The predicted molar refractivity (Wildman–Crippen MR) is 150 cm³/mol. The Labute approximate surface area is 221 Å². The highest BCUT2D eigenvalue weighted by molar-refractivity contribution is 6.77. The van der Waals surface area contributed by atoms with Crippen molar-refractivity contribution in [1.82, 2.24) is 4.90 Å². The van der Waals surface area contributed by atoms with Crippen molar-refractivity contribution in [2.24, 2.45) is 17.3 Å². The molecule has 3 unspecified atom stereocenters. The van der Waals surface area contributed by atoms with Gasteiger partial charge in [0.1, 0.15) is 5.60 Å². The maximum Gasteiger partial charge on any atom is 0.410 e. The molecule has 206 valence electrons. The van der Waals surface area contributed by atoms with E-state index < -0.39 is 13.9 Å². The first kappa shape index (κ1) is 29.4. The number of carbonyl (C=O) groups excluding carboxylic acids is 2. The van der Waals surface area contributed by atoms with E-state index in [1.54, 1.807) is 0 Å². The van der Waals surface area contributed by atoms with Gasteiger partial charge in [-0.15, -0.1) is 0 Å². The molecule has 1 aliphatic heterocycles. The second kappa shape index (κ2) is 10.9. The highest BCUT2D eigenvalue weighted by Crippen LogP contribution is 2.59. The molecule has 1 saturated heterocycles. The number of carbonyl (C=O) groups is 2. The molecule has 1 amide bonds. The average molecular weight is 520 g/mol. The molecule has 6 heteroatoms. The van der Waals surface area contributed by atoms with Crippen molar-refractivity contribution in [2.75, 3.05) is 13.1 Å². The second-order valence-electron chi connectivity index (χ2n) is 13.8. The molecule has 3 aliphatic rings. The SMILES string of the molecule is CC1CC2=CC(=O)[C@@H]3CCCN(C(=O)OC(C)(C)C)CCCC23C(O[Si](C(C)C)(C(C)C)C(C)C)C1. The molecule has 4 atom stereocenters. The number of rotatable bonds is 5. The van der Waals surface area contributed by atoms with Crippen LogP contribution in [0.2, 0.25) is 16.6 Å². The maximum atomic E-state index is 13.5. The van der Waals surface area contributed by atoms with E-state index in [1.165, 1.54) is 5.57 Å². The highest BCUT2D eigenvalue weighted by atomic mass is 28.4. The van der Waals surface area contributed by atoms with Crippen LogP contribution in [0.4, 0.5) is 4.79 Å². The monoisotopic (exact) mass is 519 g/mol. The minimum absolute atomic E-state index is 0.0261. The molecule has 2 aliphatic carbocycles. The van der Waals surface area contributed by atoms with Gasteiger partial charge < -0.3 is 14.1 Å². The molecule has 0 radical (unpaired) electrons. The number of allylic oxidation sites excluding steroid dienone is 1. The summed E-state index contributed by atoms with van der Waals surface area (Å²) in [6, 6.07) is 0. The van der Waals surface area contributed by atoms with E-state index >= 15 is 0 Å². The third kappa shape index (κ3) is 5.50. The molecule has 1 spiro atoms. The number of nitrogens with zero attached hydrogens (tertiary/aromatic N) is 1. The molecule has 36 heavy (non-hydrogen) atoms. The van der Waals surface area contributed by atoms with Crippen LogP contribution in [0.3, 0.4) is 0 Å². The second-order valence-corrected chi connectivity index (χ2v) is 19.3. The van der Waals surface area contributed by atoms with E-state index in [0.29, 0.717) is 41.4 Å². The molecule has 1 heterocycles. The van der Waals surface area contributed by atoms with Crippen LogP contribution >= 0.6 is 0 Å². The van der Waals surface area contributed by atoms with Gasteiger partial charge in [-0.05, 0) is 87.9 Å². The summed E-state index contributed by atoms with van der Waals surface area (Å²) in [5.41, 5.74) is 2.14. The van der Waals surface area contributed by atoms with Gasteiger partial charge in [0.2, 0.25) is 8.32 Å². The van der Waals surface area contributed by atoms with Crippen LogP contribution in [-0.2, 0) is 14.0 Å². The summed E-state index contributed by atoms with van der Waals surface area (Å²) < 4.78 is 13.3. The number of ether oxygens (including phenoxy) is 1. The van der Waals surface area contributed by atoms with Gasteiger partial charge in [-0.25, -0.2) is 4.79 Å². The molecule has 0 N–H and O–H groups in total. The zero-order chi connectivity index (χ0) is 27.1. The first-order valence-electron chi connectivity index (χ1n) is 14.6. The summed E-state index contributed by atoms with van der Waals surface area (Å²) in [7, 11) is -2.13. The minimum Gasteiger partial charge on any atom is -0.444 e. The number of hydrogen-bond donors (Lipinski definition) is 0. The van der Waals surface area contributed by atoms with Crippen LogP contribution in [0, 0.1) is 17.3 Å². The van der Waals surface area contributed by atoms with E-state index in [4.69, 9.17) is 9.16 Å². The van der Waals surface area contributed by atoms with Gasteiger partial charge in [-0.3, -0.25) is 4.79 Å². The van der Waals surface area contributed by atoms with E-state index in [0.717, 1.165) is 38.5 Å². The summed E-state index contributed by atoms with van der Waals surface area (Å²) in [6.45, 7) is 23.5. The highest BCUT2D eigenvalue weighted by Gasteiger charge is 2.59. The Hall–Kier alpha value is -1.14. The quantitative estimate of drug-likeness (QED) is 0.346.